The zero-order chi connectivity index (χ0) is 18.8. The summed E-state index contributed by atoms with van der Waals surface area (Å²) < 4.78 is 40.3. The van der Waals surface area contributed by atoms with Crippen molar-refractivity contribution in [2.24, 2.45) is 0 Å². The van der Waals surface area contributed by atoms with Crippen molar-refractivity contribution < 1.29 is 13.2 Å². The van der Waals surface area contributed by atoms with Gasteiger partial charge in [0.2, 0.25) is 0 Å². The number of rotatable bonds is 1. The van der Waals surface area contributed by atoms with E-state index in [1.165, 1.54) is 6.20 Å². The summed E-state index contributed by atoms with van der Waals surface area (Å²) in [4.78, 5) is 6.73. The van der Waals surface area contributed by atoms with Crippen LogP contribution in [0.25, 0.3) is 33.1 Å². The van der Waals surface area contributed by atoms with Crippen molar-refractivity contribution in [3.63, 3.8) is 0 Å². The average molecular weight is 372 g/mol. The van der Waals surface area contributed by atoms with Crippen molar-refractivity contribution in [3.8, 4) is 11.3 Å². The predicted octanol–water partition coefficient (Wildman–Crippen LogP) is 3.51. The normalized spacial score (nSPS) is 15.6. The maximum Gasteiger partial charge on any atom is 0.435 e. The summed E-state index contributed by atoms with van der Waals surface area (Å²) in [6.07, 6.45) is -0.784. The Morgan fingerprint density at radius 2 is 2.04 bits per heavy atom. The van der Waals surface area contributed by atoms with Crippen LogP contribution in [0.2, 0.25) is 0 Å². The van der Waals surface area contributed by atoms with Crippen LogP contribution in [0, 0.1) is 0 Å². The Kier molecular flexibility index (Phi) is 3.33. The average Bonchev–Trinajstić information content (AvgIpc) is 3.29. The molecule has 3 aromatic heterocycles. The lowest BCUT2D eigenvalue weighted by molar-refractivity contribution is -0.140. The Bertz CT molecular complexity index is 1170. The Balaban J connectivity index is 1.88. The molecule has 0 aliphatic carbocycles. The molecular weight excluding hydrogens is 357 g/mol. The standard InChI is InChI=1S/C18H15F3N6/c1-27-5-4-9-12(8-27)16(11-7-23-26-17(11)18(19,20)21)24-14-3-2-13-10(15(9)14)6-22-25-13/h2-3,6-7H,4-5,8H2,1H3,(H,22,25)(H,23,26). The molecule has 2 N–H and O–H groups in total. The summed E-state index contributed by atoms with van der Waals surface area (Å²) in [5, 5.41) is 14.7. The molecule has 0 amide bonds. The van der Waals surface area contributed by atoms with Gasteiger partial charge in [-0.1, -0.05) is 0 Å². The number of benzene rings is 1. The van der Waals surface area contributed by atoms with E-state index in [0.717, 1.165) is 40.4 Å². The van der Waals surface area contributed by atoms with Crippen LogP contribution in [0.15, 0.2) is 24.5 Å². The van der Waals surface area contributed by atoms with Crippen molar-refractivity contribution >= 4 is 21.8 Å². The highest BCUT2D eigenvalue weighted by Crippen LogP contribution is 2.40. The molecule has 0 atom stereocenters. The molecule has 138 valence electrons. The van der Waals surface area contributed by atoms with Gasteiger partial charge in [0.1, 0.15) is 0 Å². The fourth-order valence-electron chi connectivity index (χ4n) is 3.91. The van der Waals surface area contributed by atoms with Gasteiger partial charge in [0.05, 0.1) is 28.5 Å². The summed E-state index contributed by atoms with van der Waals surface area (Å²) in [5.41, 5.74) is 2.80. The molecule has 0 radical (unpaired) electrons. The zero-order valence-electron chi connectivity index (χ0n) is 14.4. The Hall–Kier alpha value is -2.94. The van der Waals surface area contributed by atoms with Crippen LogP contribution >= 0.6 is 0 Å². The summed E-state index contributed by atoms with van der Waals surface area (Å²) in [5.74, 6) is 0. The van der Waals surface area contributed by atoms with Gasteiger partial charge >= 0.3 is 6.18 Å². The predicted molar refractivity (Wildman–Crippen MR) is 94.0 cm³/mol. The Morgan fingerprint density at radius 1 is 1.19 bits per heavy atom. The van der Waals surface area contributed by atoms with Gasteiger partial charge in [-0.05, 0) is 36.7 Å². The van der Waals surface area contributed by atoms with Gasteiger partial charge in [0.25, 0.3) is 0 Å². The molecular formula is C18H15F3N6. The highest BCUT2D eigenvalue weighted by molar-refractivity contribution is 6.07. The van der Waals surface area contributed by atoms with Gasteiger partial charge < -0.3 is 4.90 Å². The third kappa shape index (κ3) is 2.42. The first-order valence-electron chi connectivity index (χ1n) is 8.51. The topological polar surface area (TPSA) is 73.5 Å². The number of halogens is 3. The first kappa shape index (κ1) is 16.2. The van der Waals surface area contributed by atoms with Gasteiger partial charge in [-0.25, -0.2) is 4.98 Å². The van der Waals surface area contributed by atoms with Gasteiger partial charge in [0.15, 0.2) is 5.69 Å². The summed E-state index contributed by atoms with van der Waals surface area (Å²) in [7, 11) is 1.95. The van der Waals surface area contributed by atoms with E-state index in [1.54, 1.807) is 6.20 Å². The highest BCUT2D eigenvalue weighted by Gasteiger charge is 2.38. The minimum Gasteiger partial charge on any atom is -0.302 e. The molecule has 27 heavy (non-hydrogen) atoms. The molecule has 9 heteroatoms. The molecule has 0 unspecified atom stereocenters. The number of fused-ring (bicyclic) bond motifs is 5. The second kappa shape index (κ2) is 5.53. The van der Waals surface area contributed by atoms with E-state index in [-0.39, 0.29) is 5.56 Å². The zero-order valence-corrected chi connectivity index (χ0v) is 14.4. The van der Waals surface area contributed by atoms with Gasteiger partial charge in [-0.15, -0.1) is 0 Å². The molecule has 0 spiro atoms. The maximum absolute atomic E-state index is 13.4. The number of alkyl halides is 3. The van der Waals surface area contributed by atoms with Crippen molar-refractivity contribution in [3.05, 3.63) is 41.3 Å². The molecule has 6 nitrogen and oxygen atoms in total. The number of hydrogen-bond acceptors (Lipinski definition) is 4. The monoisotopic (exact) mass is 372 g/mol. The molecule has 0 saturated carbocycles. The van der Waals surface area contributed by atoms with Crippen LogP contribution < -0.4 is 0 Å². The van der Waals surface area contributed by atoms with Crippen LogP contribution in [0.5, 0.6) is 0 Å². The highest BCUT2D eigenvalue weighted by atomic mass is 19.4. The van der Waals surface area contributed by atoms with Crippen molar-refractivity contribution in [2.45, 2.75) is 19.1 Å². The molecule has 0 saturated heterocycles. The molecule has 1 aliphatic rings. The quantitative estimate of drug-likeness (QED) is 0.536. The number of nitrogens with one attached hydrogen (secondary N) is 2. The first-order chi connectivity index (χ1) is 12.9. The molecule has 1 aliphatic heterocycles. The fraction of sp³-hybridized carbons (Fsp3) is 0.278. The molecule has 5 rings (SSSR count). The summed E-state index contributed by atoms with van der Waals surface area (Å²) >= 11 is 0. The lowest BCUT2D eigenvalue weighted by Crippen LogP contribution is -2.27. The molecule has 0 bridgehead atoms. The van der Waals surface area contributed by atoms with Gasteiger partial charge in [0, 0.05) is 30.1 Å². The van der Waals surface area contributed by atoms with Crippen LogP contribution in [0.4, 0.5) is 13.2 Å². The number of hydrogen-bond donors (Lipinski definition) is 2. The van der Waals surface area contributed by atoms with E-state index in [9.17, 15) is 13.2 Å². The maximum atomic E-state index is 13.4. The SMILES string of the molecule is CN1CCc2c(c(-c3c[nH]nc3C(F)(F)F)nc3ccc4[nH]ncc4c23)C1. The summed E-state index contributed by atoms with van der Waals surface area (Å²) in [6, 6.07) is 3.67. The fourth-order valence-corrected chi connectivity index (χ4v) is 3.91. The number of nitrogens with zero attached hydrogens (tertiary/aromatic N) is 4. The van der Waals surface area contributed by atoms with Crippen molar-refractivity contribution in [1.29, 1.82) is 0 Å². The third-order valence-electron chi connectivity index (χ3n) is 5.12. The Morgan fingerprint density at radius 3 is 2.85 bits per heavy atom. The first-order valence-corrected chi connectivity index (χ1v) is 8.51. The minimum atomic E-state index is -4.55. The lowest BCUT2D eigenvalue weighted by atomic mass is 9.91. The van der Waals surface area contributed by atoms with Gasteiger partial charge in [-0.2, -0.15) is 23.4 Å². The number of aromatic nitrogens is 5. The van der Waals surface area contributed by atoms with E-state index >= 15 is 0 Å². The molecule has 4 heterocycles. The van der Waals surface area contributed by atoms with Crippen molar-refractivity contribution in [2.75, 3.05) is 13.6 Å². The van der Waals surface area contributed by atoms with Crippen LogP contribution in [-0.4, -0.2) is 43.9 Å². The van der Waals surface area contributed by atoms with E-state index in [4.69, 9.17) is 0 Å². The van der Waals surface area contributed by atoms with Crippen LogP contribution in [0.1, 0.15) is 16.8 Å². The van der Waals surface area contributed by atoms with Crippen molar-refractivity contribution in [1.82, 2.24) is 30.3 Å². The van der Waals surface area contributed by atoms with Crippen LogP contribution in [0.3, 0.4) is 0 Å². The van der Waals surface area contributed by atoms with Crippen LogP contribution in [-0.2, 0) is 19.1 Å². The number of H-pyrrole nitrogens is 2. The largest absolute Gasteiger partial charge is 0.435 e. The molecule has 4 aromatic rings. The number of pyridine rings is 1. The summed E-state index contributed by atoms with van der Waals surface area (Å²) in [6.45, 7) is 1.36. The minimum absolute atomic E-state index is 0.0109. The second-order valence-electron chi connectivity index (χ2n) is 6.84. The van der Waals surface area contributed by atoms with E-state index in [1.807, 2.05) is 19.2 Å². The van der Waals surface area contributed by atoms with Gasteiger partial charge in [-0.3, -0.25) is 10.2 Å². The van der Waals surface area contributed by atoms with E-state index < -0.39 is 11.9 Å². The lowest BCUT2D eigenvalue weighted by Gasteiger charge is -2.28. The molecule has 1 aromatic carbocycles. The molecule has 0 fully saturated rings. The smallest absolute Gasteiger partial charge is 0.302 e. The third-order valence-corrected chi connectivity index (χ3v) is 5.12. The number of aromatic amines is 2. The number of likely N-dealkylation sites (N-methyl/N-ethyl adjacent to an activating group) is 1. The second-order valence-corrected chi connectivity index (χ2v) is 6.84. The Labute approximate surface area is 151 Å². The van der Waals surface area contributed by atoms with E-state index in [2.05, 4.69) is 30.3 Å². The van der Waals surface area contributed by atoms with E-state index in [0.29, 0.717) is 17.8 Å².